The van der Waals surface area contributed by atoms with E-state index in [4.69, 9.17) is 4.42 Å². The highest BCUT2D eigenvalue weighted by atomic mass is 32.1. The van der Waals surface area contributed by atoms with Crippen molar-refractivity contribution in [2.45, 2.75) is 19.9 Å². The number of aliphatic imine (C=N–C) groups is 1. The molecule has 0 radical (unpaired) electrons. The van der Waals surface area contributed by atoms with E-state index in [1.54, 1.807) is 11.3 Å². The number of fused-ring (bicyclic) bond motifs is 1. The molecular weight excluding hydrogens is 346 g/mol. The summed E-state index contributed by atoms with van der Waals surface area (Å²) in [6.45, 7) is 4.19. The van der Waals surface area contributed by atoms with Gasteiger partial charge in [0.1, 0.15) is 11.3 Å². The molecule has 0 spiro atoms. The van der Waals surface area contributed by atoms with E-state index < -0.39 is 0 Å². The van der Waals surface area contributed by atoms with E-state index in [0.717, 1.165) is 53.0 Å². The second kappa shape index (κ2) is 8.71. The third-order valence-electron chi connectivity index (χ3n) is 3.81. The van der Waals surface area contributed by atoms with Crippen molar-refractivity contribution in [2.75, 3.05) is 32.1 Å². The molecule has 7 heteroatoms. The molecule has 2 aromatic heterocycles. The van der Waals surface area contributed by atoms with Crippen molar-refractivity contribution in [1.29, 1.82) is 0 Å². The molecule has 1 aromatic carbocycles. The van der Waals surface area contributed by atoms with E-state index in [1.807, 2.05) is 37.2 Å². The molecule has 2 heterocycles. The third-order valence-corrected chi connectivity index (χ3v) is 4.86. The van der Waals surface area contributed by atoms with E-state index >= 15 is 0 Å². The Balaban J connectivity index is 1.55. The summed E-state index contributed by atoms with van der Waals surface area (Å²) in [5, 5.41) is 10.8. The summed E-state index contributed by atoms with van der Waals surface area (Å²) >= 11 is 1.63. The number of nitrogens with zero attached hydrogens (tertiary/aromatic N) is 3. The molecule has 0 amide bonds. The molecule has 138 valence electrons. The number of anilines is 1. The number of hydrogen-bond acceptors (Lipinski definition) is 5. The first-order valence-electron chi connectivity index (χ1n) is 8.77. The van der Waals surface area contributed by atoms with Gasteiger partial charge < -0.3 is 20.0 Å². The molecule has 2 N–H and O–H groups in total. The first-order chi connectivity index (χ1) is 12.7. The largest absolute Gasteiger partial charge is 0.461 e. The molecule has 0 unspecified atom stereocenters. The van der Waals surface area contributed by atoms with E-state index in [9.17, 15) is 0 Å². The van der Waals surface area contributed by atoms with Crippen LogP contribution in [-0.2, 0) is 13.0 Å². The van der Waals surface area contributed by atoms with Crippen LogP contribution in [-0.4, -0.2) is 38.1 Å². The highest BCUT2D eigenvalue weighted by Gasteiger charge is 2.05. The van der Waals surface area contributed by atoms with Crippen LogP contribution in [0, 0.1) is 0 Å². The van der Waals surface area contributed by atoms with Crippen molar-refractivity contribution < 1.29 is 4.42 Å². The Hall–Kier alpha value is -2.54. The van der Waals surface area contributed by atoms with Crippen molar-refractivity contribution >= 4 is 33.4 Å². The number of hydrogen-bond donors (Lipinski definition) is 2. The first kappa shape index (κ1) is 18.3. The normalized spacial score (nSPS) is 11.7. The molecule has 0 aliphatic heterocycles. The van der Waals surface area contributed by atoms with Crippen LogP contribution in [0.1, 0.15) is 18.4 Å². The molecule has 26 heavy (non-hydrogen) atoms. The molecule has 0 aliphatic carbocycles. The standard InChI is InChI=1S/C19H25N5OS/c1-4-20-18(22-12-15-13-26-19(23-15)24(2)3)21-10-9-16-11-14-7-5-6-8-17(14)25-16/h5-8,11,13H,4,9-10,12H2,1-3H3,(H2,20,21,22). The Bertz CT molecular complexity index is 835. The monoisotopic (exact) mass is 371 g/mol. The molecule has 0 saturated heterocycles. The van der Waals surface area contributed by atoms with Gasteiger partial charge in [-0.2, -0.15) is 0 Å². The number of rotatable bonds is 7. The summed E-state index contributed by atoms with van der Waals surface area (Å²) in [7, 11) is 3.99. The van der Waals surface area contributed by atoms with Crippen molar-refractivity contribution in [3.63, 3.8) is 0 Å². The van der Waals surface area contributed by atoms with Crippen LogP contribution < -0.4 is 15.5 Å². The van der Waals surface area contributed by atoms with Gasteiger partial charge in [0.15, 0.2) is 11.1 Å². The second-order valence-corrected chi connectivity index (χ2v) is 6.97. The van der Waals surface area contributed by atoms with Crippen LogP contribution in [0.3, 0.4) is 0 Å². The van der Waals surface area contributed by atoms with Crippen molar-refractivity contribution in [3.05, 3.63) is 47.2 Å². The number of guanidine groups is 1. The lowest BCUT2D eigenvalue weighted by Crippen LogP contribution is -2.38. The summed E-state index contributed by atoms with van der Waals surface area (Å²) in [4.78, 5) is 11.2. The van der Waals surface area contributed by atoms with Gasteiger partial charge in [-0.3, -0.25) is 0 Å². The predicted octanol–water partition coefficient (Wildman–Crippen LogP) is 3.25. The van der Waals surface area contributed by atoms with Gasteiger partial charge in [0.2, 0.25) is 0 Å². The Labute approximate surface area is 157 Å². The van der Waals surface area contributed by atoms with Gasteiger partial charge in [0, 0.05) is 44.4 Å². The SMILES string of the molecule is CCNC(=NCc1csc(N(C)C)n1)NCCc1cc2ccccc2o1. The second-order valence-electron chi connectivity index (χ2n) is 6.14. The van der Waals surface area contributed by atoms with E-state index in [2.05, 4.69) is 45.0 Å². The number of nitrogens with one attached hydrogen (secondary N) is 2. The number of benzene rings is 1. The molecule has 6 nitrogen and oxygen atoms in total. The lowest BCUT2D eigenvalue weighted by Gasteiger charge is -2.10. The fourth-order valence-electron chi connectivity index (χ4n) is 2.54. The molecule has 0 fully saturated rings. The maximum Gasteiger partial charge on any atom is 0.191 e. The molecule has 3 rings (SSSR count). The van der Waals surface area contributed by atoms with Crippen molar-refractivity contribution in [3.8, 4) is 0 Å². The Kier molecular flexibility index (Phi) is 6.12. The minimum absolute atomic E-state index is 0.560. The summed E-state index contributed by atoms with van der Waals surface area (Å²) < 4.78 is 5.85. The zero-order valence-corrected chi connectivity index (χ0v) is 16.3. The van der Waals surface area contributed by atoms with E-state index in [1.165, 1.54) is 0 Å². The van der Waals surface area contributed by atoms with Crippen LogP contribution in [0.25, 0.3) is 11.0 Å². The summed E-state index contributed by atoms with van der Waals surface area (Å²) in [6.07, 6.45) is 0.806. The first-order valence-corrected chi connectivity index (χ1v) is 9.65. The fraction of sp³-hybridized carbons (Fsp3) is 0.368. The van der Waals surface area contributed by atoms with Crippen LogP contribution in [0.5, 0.6) is 0 Å². The molecule has 3 aromatic rings. The maximum atomic E-state index is 5.85. The smallest absolute Gasteiger partial charge is 0.191 e. The maximum absolute atomic E-state index is 5.85. The minimum atomic E-state index is 0.560. The fourth-order valence-corrected chi connectivity index (χ4v) is 3.29. The molecule has 0 aliphatic rings. The molecule has 0 bridgehead atoms. The zero-order chi connectivity index (χ0) is 18.4. The average molecular weight is 372 g/mol. The van der Waals surface area contributed by atoms with E-state index in [-0.39, 0.29) is 0 Å². The van der Waals surface area contributed by atoms with Crippen molar-refractivity contribution in [2.24, 2.45) is 4.99 Å². The molecular formula is C19H25N5OS. The Morgan fingerprint density at radius 3 is 2.85 bits per heavy atom. The van der Waals surface area contributed by atoms with Crippen LogP contribution in [0.4, 0.5) is 5.13 Å². The summed E-state index contributed by atoms with van der Waals surface area (Å²) in [5.41, 5.74) is 1.91. The topological polar surface area (TPSA) is 65.7 Å². The van der Waals surface area contributed by atoms with Crippen LogP contribution in [0.2, 0.25) is 0 Å². The van der Waals surface area contributed by atoms with Gasteiger partial charge >= 0.3 is 0 Å². The van der Waals surface area contributed by atoms with Gasteiger partial charge in [0.05, 0.1) is 12.2 Å². The van der Waals surface area contributed by atoms with Crippen LogP contribution in [0.15, 0.2) is 45.1 Å². The van der Waals surface area contributed by atoms with Gasteiger partial charge in [-0.15, -0.1) is 11.3 Å². The Morgan fingerprint density at radius 2 is 2.12 bits per heavy atom. The van der Waals surface area contributed by atoms with E-state index in [0.29, 0.717) is 6.54 Å². The van der Waals surface area contributed by atoms with Crippen LogP contribution >= 0.6 is 11.3 Å². The average Bonchev–Trinajstić information content (AvgIpc) is 3.26. The lowest BCUT2D eigenvalue weighted by molar-refractivity contribution is 0.544. The quantitative estimate of drug-likeness (QED) is 0.493. The van der Waals surface area contributed by atoms with Gasteiger partial charge in [-0.05, 0) is 19.1 Å². The molecule has 0 saturated carbocycles. The number of furan rings is 1. The van der Waals surface area contributed by atoms with Gasteiger partial charge in [-0.1, -0.05) is 18.2 Å². The predicted molar refractivity (Wildman–Crippen MR) is 109 cm³/mol. The summed E-state index contributed by atoms with van der Waals surface area (Å²) in [5.74, 6) is 1.77. The Morgan fingerprint density at radius 1 is 1.27 bits per heavy atom. The number of thiazole rings is 1. The number of aromatic nitrogens is 1. The zero-order valence-electron chi connectivity index (χ0n) is 15.5. The molecule has 0 atom stereocenters. The van der Waals surface area contributed by atoms with Gasteiger partial charge in [-0.25, -0.2) is 9.98 Å². The number of para-hydroxylation sites is 1. The highest BCUT2D eigenvalue weighted by Crippen LogP contribution is 2.19. The third kappa shape index (κ3) is 4.76. The highest BCUT2D eigenvalue weighted by molar-refractivity contribution is 7.13. The lowest BCUT2D eigenvalue weighted by atomic mass is 10.2. The van der Waals surface area contributed by atoms with Crippen molar-refractivity contribution in [1.82, 2.24) is 15.6 Å². The van der Waals surface area contributed by atoms with Gasteiger partial charge in [0.25, 0.3) is 0 Å². The summed E-state index contributed by atoms with van der Waals surface area (Å²) in [6, 6.07) is 10.2. The minimum Gasteiger partial charge on any atom is -0.461 e.